The molecule has 2 bridgehead atoms. The first-order valence-corrected chi connectivity index (χ1v) is 10.00. The topological polar surface area (TPSA) is 102 Å². The monoisotopic (exact) mass is 434 g/mol. The Morgan fingerprint density at radius 2 is 1.87 bits per heavy atom. The maximum absolute atomic E-state index is 14.9. The van der Waals surface area contributed by atoms with Crippen molar-refractivity contribution in [2.24, 2.45) is 0 Å². The van der Waals surface area contributed by atoms with Gasteiger partial charge in [-0.1, -0.05) is 5.21 Å². The van der Waals surface area contributed by atoms with Crippen molar-refractivity contribution in [3.8, 4) is 0 Å². The number of morpholine rings is 1. The second-order valence-corrected chi connectivity index (χ2v) is 7.77. The highest BCUT2D eigenvalue weighted by Gasteiger charge is 2.37. The molecule has 0 spiro atoms. The van der Waals surface area contributed by atoms with Crippen LogP contribution in [0.25, 0.3) is 0 Å². The first kappa shape index (κ1) is 19.7. The van der Waals surface area contributed by atoms with Gasteiger partial charge in [-0.15, -0.1) is 5.10 Å². The zero-order valence-corrected chi connectivity index (χ0v) is 16.4. The third kappa shape index (κ3) is 3.78. The Morgan fingerprint density at radius 3 is 2.52 bits per heavy atom. The number of benzene rings is 1. The van der Waals surface area contributed by atoms with Gasteiger partial charge in [0.15, 0.2) is 11.6 Å². The molecule has 3 aliphatic heterocycles. The highest BCUT2D eigenvalue weighted by molar-refractivity contribution is 5.90. The van der Waals surface area contributed by atoms with E-state index in [-0.39, 0.29) is 36.7 Å². The van der Waals surface area contributed by atoms with E-state index in [1.807, 2.05) is 0 Å². The Labute approximate surface area is 175 Å². The van der Waals surface area contributed by atoms with Gasteiger partial charge in [0, 0.05) is 25.2 Å². The predicted octanol–water partition coefficient (Wildman–Crippen LogP) is 1.51. The van der Waals surface area contributed by atoms with Crippen LogP contribution in [0.3, 0.4) is 0 Å². The first-order chi connectivity index (χ1) is 15.0. The summed E-state index contributed by atoms with van der Waals surface area (Å²) in [7, 11) is 0. The molecule has 1 aromatic heterocycles. The van der Waals surface area contributed by atoms with Crippen LogP contribution in [0.4, 0.5) is 29.7 Å². The quantitative estimate of drug-likeness (QED) is 0.778. The Balaban J connectivity index is 1.27. The van der Waals surface area contributed by atoms with E-state index in [1.54, 1.807) is 4.90 Å². The predicted molar refractivity (Wildman–Crippen MR) is 103 cm³/mol. The van der Waals surface area contributed by atoms with Gasteiger partial charge in [0.25, 0.3) is 0 Å². The SMILES string of the molecule is O=C1O[C@@H](CNC(=O)n2ccnn2)CN1c1cc(F)c(N2CC3CCC(C2)O3)c(F)c1. The molecule has 31 heavy (non-hydrogen) atoms. The maximum Gasteiger partial charge on any atom is 0.414 e. The summed E-state index contributed by atoms with van der Waals surface area (Å²) in [6.07, 6.45) is 3.05. The van der Waals surface area contributed by atoms with E-state index < -0.39 is 29.9 Å². The molecule has 1 N–H and O–H groups in total. The number of hydrogen-bond donors (Lipinski definition) is 1. The number of hydrogen-bond acceptors (Lipinski definition) is 7. The summed E-state index contributed by atoms with van der Waals surface area (Å²) in [5.41, 5.74) is -0.0433. The third-order valence-corrected chi connectivity index (χ3v) is 5.66. The highest BCUT2D eigenvalue weighted by atomic mass is 19.1. The second kappa shape index (κ2) is 7.76. The molecule has 2 unspecified atom stereocenters. The van der Waals surface area contributed by atoms with Crippen LogP contribution in [0.15, 0.2) is 24.5 Å². The van der Waals surface area contributed by atoms with Crippen molar-refractivity contribution >= 4 is 23.5 Å². The zero-order chi connectivity index (χ0) is 21.5. The number of aromatic nitrogens is 3. The summed E-state index contributed by atoms with van der Waals surface area (Å²) in [5, 5.41) is 9.65. The lowest BCUT2D eigenvalue weighted by Gasteiger charge is -2.34. The van der Waals surface area contributed by atoms with Gasteiger partial charge in [-0.2, -0.15) is 4.68 Å². The van der Waals surface area contributed by atoms with Crippen molar-refractivity contribution in [2.75, 3.05) is 36.0 Å². The molecule has 0 radical (unpaired) electrons. The van der Waals surface area contributed by atoms with Gasteiger partial charge in [-0.05, 0) is 12.8 Å². The molecule has 3 aliphatic rings. The molecule has 0 saturated carbocycles. The summed E-state index contributed by atoms with van der Waals surface area (Å²) in [6.45, 7) is 0.920. The van der Waals surface area contributed by atoms with Crippen molar-refractivity contribution in [3.05, 3.63) is 36.2 Å². The van der Waals surface area contributed by atoms with Crippen LogP contribution in [0.2, 0.25) is 0 Å². The minimum absolute atomic E-state index is 0.0144. The van der Waals surface area contributed by atoms with Crippen LogP contribution < -0.4 is 15.1 Å². The van der Waals surface area contributed by atoms with Crippen molar-refractivity contribution in [1.29, 1.82) is 0 Å². The van der Waals surface area contributed by atoms with Gasteiger partial charge >= 0.3 is 12.1 Å². The fourth-order valence-corrected chi connectivity index (χ4v) is 4.24. The van der Waals surface area contributed by atoms with Crippen molar-refractivity contribution in [2.45, 2.75) is 31.2 Å². The molecule has 0 aliphatic carbocycles. The molecular weight excluding hydrogens is 414 g/mol. The van der Waals surface area contributed by atoms with Crippen LogP contribution >= 0.6 is 0 Å². The van der Waals surface area contributed by atoms with E-state index in [0.29, 0.717) is 13.1 Å². The molecule has 4 heterocycles. The van der Waals surface area contributed by atoms with Crippen LogP contribution in [0, 0.1) is 11.6 Å². The lowest BCUT2D eigenvalue weighted by molar-refractivity contribution is 0.0300. The smallest absolute Gasteiger partial charge is 0.414 e. The summed E-state index contributed by atoms with van der Waals surface area (Å²) in [6, 6.07) is 1.73. The number of rotatable bonds is 4. The molecule has 2 aromatic rings. The number of carbonyl (C=O) groups excluding carboxylic acids is 2. The van der Waals surface area contributed by atoms with Crippen LogP contribution in [-0.2, 0) is 9.47 Å². The number of ether oxygens (including phenoxy) is 2. The molecule has 164 valence electrons. The number of halogens is 2. The standard InChI is InChI=1S/C19H20F2N6O4/c20-15-5-11(6-16(21)17(15)25-8-12-1-2-13(9-25)30-12)26-10-14(31-19(26)29)7-22-18(28)27-4-3-23-24-27/h3-6,12-14H,1-2,7-10H2,(H,22,28)/t12?,13?,14-/m0/s1. The number of carbonyl (C=O) groups is 2. The van der Waals surface area contributed by atoms with Gasteiger partial charge in [-0.3, -0.25) is 4.90 Å². The summed E-state index contributed by atoms with van der Waals surface area (Å²) < 4.78 is 41.7. The number of anilines is 2. The number of amides is 2. The molecule has 1 aromatic carbocycles. The average molecular weight is 434 g/mol. The third-order valence-electron chi connectivity index (χ3n) is 5.66. The molecule has 3 atom stereocenters. The minimum Gasteiger partial charge on any atom is -0.442 e. The molecule has 12 heteroatoms. The van der Waals surface area contributed by atoms with Gasteiger partial charge < -0.3 is 19.7 Å². The van der Waals surface area contributed by atoms with E-state index in [4.69, 9.17) is 9.47 Å². The lowest BCUT2D eigenvalue weighted by atomic mass is 10.2. The van der Waals surface area contributed by atoms with Crippen molar-refractivity contribution in [1.82, 2.24) is 20.3 Å². The highest BCUT2D eigenvalue weighted by Crippen LogP contribution is 2.35. The fraction of sp³-hybridized carbons (Fsp3) is 0.474. The number of nitrogens with zero attached hydrogens (tertiary/aromatic N) is 5. The van der Waals surface area contributed by atoms with Gasteiger partial charge in [0.2, 0.25) is 0 Å². The van der Waals surface area contributed by atoms with E-state index in [1.165, 1.54) is 12.4 Å². The lowest BCUT2D eigenvalue weighted by Crippen LogP contribution is -2.43. The van der Waals surface area contributed by atoms with Crippen molar-refractivity contribution in [3.63, 3.8) is 0 Å². The minimum atomic E-state index is -0.743. The maximum atomic E-state index is 14.9. The normalized spacial score (nSPS) is 25.1. The molecule has 10 nitrogen and oxygen atoms in total. The average Bonchev–Trinajstić information content (AvgIpc) is 3.46. The zero-order valence-electron chi connectivity index (χ0n) is 16.4. The number of nitrogens with one attached hydrogen (secondary N) is 1. The Kier molecular flexibility index (Phi) is 4.93. The van der Waals surface area contributed by atoms with E-state index in [0.717, 1.165) is 34.6 Å². The van der Waals surface area contributed by atoms with Gasteiger partial charge in [0.1, 0.15) is 11.8 Å². The molecule has 3 saturated heterocycles. The van der Waals surface area contributed by atoms with Crippen LogP contribution in [0.5, 0.6) is 0 Å². The van der Waals surface area contributed by atoms with Crippen LogP contribution in [0.1, 0.15) is 12.8 Å². The van der Waals surface area contributed by atoms with E-state index >= 15 is 0 Å². The largest absolute Gasteiger partial charge is 0.442 e. The van der Waals surface area contributed by atoms with E-state index in [9.17, 15) is 18.4 Å². The first-order valence-electron chi connectivity index (χ1n) is 10.00. The second-order valence-electron chi connectivity index (χ2n) is 7.77. The molecule has 3 fully saturated rings. The van der Waals surface area contributed by atoms with E-state index in [2.05, 4.69) is 15.6 Å². The number of fused-ring (bicyclic) bond motifs is 2. The Bertz CT molecular complexity index is 968. The fourth-order valence-electron chi connectivity index (χ4n) is 4.24. The van der Waals surface area contributed by atoms with Crippen LogP contribution in [-0.4, -0.2) is 71.6 Å². The Hall–Kier alpha value is -3.28. The van der Waals surface area contributed by atoms with Crippen molar-refractivity contribution < 1.29 is 27.8 Å². The summed E-state index contributed by atoms with van der Waals surface area (Å²) in [5.74, 6) is -1.49. The number of cyclic esters (lactones) is 1. The van der Waals surface area contributed by atoms with Gasteiger partial charge in [0.05, 0.1) is 43.4 Å². The Morgan fingerprint density at radius 1 is 1.16 bits per heavy atom. The summed E-state index contributed by atoms with van der Waals surface area (Å²) >= 11 is 0. The van der Waals surface area contributed by atoms with Gasteiger partial charge in [-0.25, -0.2) is 18.4 Å². The molecule has 2 amide bonds. The molecule has 5 rings (SSSR count). The summed E-state index contributed by atoms with van der Waals surface area (Å²) in [4.78, 5) is 27.0. The molecular formula is C19H20F2N6O4.